The summed E-state index contributed by atoms with van der Waals surface area (Å²) in [6.07, 6.45) is 0. The Labute approximate surface area is 145 Å². The van der Waals surface area contributed by atoms with E-state index in [0.29, 0.717) is 10.7 Å². The molecule has 3 nitrogen and oxygen atoms in total. The fourth-order valence-corrected chi connectivity index (χ4v) is 3.95. The van der Waals surface area contributed by atoms with Gasteiger partial charge >= 0.3 is 0 Å². The van der Waals surface area contributed by atoms with E-state index in [1.807, 2.05) is 60.7 Å². The van der Waals surface area contributed by atoms with Crippen LogP contribution in [0.4, 0.5) is 5.13 Å². The predicted molar refractivity (Wildman–Crippen MR) is 99.2 cm³/mol. The molecule has 4 rings (SSSR count). The molecular formula is C18H11BrN2OS. The van der Waals surface area contributed by atoms with Crippen molar-refractivity contribution >= 4 is 59.3 Å². The van der Waals surface area contributed by atoms with Gasteiger partial charge in [-0.1, -0.05) is 63.7 Å². The van der Waals surface area contributed by atoms with Crippen LogP contribution in [0.25, 0.3) is 21.0 Å². The fourth-order valence-electron chi connectivity index (χ4n) is 2.54. The maximum absolute atomic E-state index is 12.6. The maximum Gasteiger partial charge on any atom is 0.258 e. The molecule has 0 radical (unpaired) electrons. The van der Waals surface area contributed by atoms with Crippen LogP contribution in [0.5, 0.6) is 0 Å². The van der Waals surface area contributed by atoms with E-state index in [0.717, 1.165) is 25.5 Å². The van der Waals surface area contributed by atoms with Gasteiger partial charge in [-0.25, -0.2) is 4.98 Å². The molecule has 1 aromatic heterocycles. The summed E-state index contributed by atoms with van der Waals surface area (Å²) in [5.74, 6) is -0.139. The molecule has 0 bridgehead atoms. The Morgan fingerprint density at radius 3 is 2.78 bits per heavy atom. The van der Waals surface area contributed by atoms with Crippen molar-refractivity contribution in [2.24, 2.45) is 0 Å². The van der Waals surface area contributed by atoms with Crippen LogP contribution in [0.1, 0.15) is 10.4 Å². The van der Waals surface area contributed by atoms with Gasteiger partial charge in [0.2, 0.25) is 0 Å². The Bertz CT molecular complexity index is 1040. The van der Waals surface area contributed by atoms with E-state index in [-0.39, 0.29) is 5.91 Å². The quantitative estimate of drug-likeness (QED) is 0.499. The molecule has 0 saturated carbocycles. The molecule has 1 N–H and O–H groups in total. The fraction of sp³-hybridized carbons (Fsp3) is 0. The zero-order chi connectivity index (χ0) is 15.8. The minimum Gasteiger partial charge on any atom is -0.298 e. The third-order valence-corrected chi connectivity index (χ3v) is 5.03. The van der Waals surface area contributed by atoms with E-state index in [4.69, 9.17) is 0 Å². The van der Waals surface area contributed by atoms with E-state index in [1.54, 1.807) is 0 Å². The van der Waals surface area contributed by atoms with Gasteiger partial charge in [0.25, 0.3) is 5.91 Å². The molecule has 3 aromatic carbocycles. The highest BCUT2D eigenvalue weighted by atomic mass is 79.9. The Kier molecular flexibility index (Phi) is 3.59. The number of hydrogen-bond acceptors (Lipinski definition) is 3. The highest BCUT2D eigenvalue weighted by molar-refractivity contribution is 9.10. The van der Waals surface area contributed by atoms with E-state index in [2.05, 4.69) is 26.2 Å². The molecule has 0 unspecified atom stereocenters. The zero-order valence-electron chi connectivity index (χ0n) is 11.9. The lowest BCUT2D eigenvalue weighted by molar-refractivity contribution is 0.102. The van der Waals surface area contributed by atoms with Gasteiger partial charge < -0.3 is 0 Å². The van der Waals surface area contributed by atoms with Crippen LogP contribution in [0.3, 0.4) is 0 Å². The number of rotatable bonds is 2. The number of thiazole rings is 1. The van der Waals surface area contributed by atoms with Gasteiger partial charge in [0.05, 0.1) is 10.2 Å². The average molecular weight is 383 g/mol. The number of fused-ring (bicyclic) bond motifs is 2. The molecule has 1 heterocycles. The largest absolute Gasteiger partial charge is 0.298 e. The van der Waals surface area contributed by atoms with Crippen LogP contribution < -0.4 is 5.32 Å². The zero-order valence-corrected chi connectivity index (χ0v) is 14.3. The number of amides is 1. The summed E-state index contributed by atoms with van der Waals surface area (Å²) < 4.78 is 2.04. The number of halogens is 1. The molecule has 4 aromatic rings. The van der Waals surface area contributed by atoms with Crippen molar-refractivity contribution in [1.29, 1.82) is 0 Å². The smallest absolute Gasteiger partial charge is 0.258 e. The normalized spacial score (nSPS) is 11.0. The highest BCUT2D eigenvalue weighted by Gasteiger charge is 2.12. The Morgan fingerprint density at radius 2 is 1.87 bits per heavy atom. The van der Waals surface area contributed by atoms with Crippen LogP contribution in [-0.2, 0) is 0 Å². The first-order valence-corrected chi connectivity index (χ1v) is 8.67. The lowest BCUT2D eigenvalue weighted by atomic mass is 10.0. The van der Waals surface area contributed by atoms with Crippen LogP contribution in [0, 0.1) is 0 Å². The molecule has 0 atom stereocenters. The number of nitrogens with zero attached hydrogens (tertiary/aromatic N) is 1. The second-order valence-electron chi connectivity index (χ2n) is 5.11. The van der Waals surface area contributed by atoms with E-state index < -0.39 is 0 Å². The van der Waals surface area contributed by atoms with Crippen LogP contribution >= 0.6 is 27.3 Å². The molecular weight excluding hydrogens is 372 g/mol. The number of carbonyl (C=O) groups excluding carboxylic acids is 1. The van der Waals surface area contributed by atoms with Gasteiger partial charge in [0, 0.05) is 10.0 Å². The van der Waals surface area contributed by atoms with E-state index >= 15 is 0 Å². The second-order valence-corrected chi connectivity index (χ2v) is 7.06. The summed E-state index contributed by atoms with van der Waals surface area (Å²) in [5, 5.41) is 5.51. The van der Waals surface area contributed by atoms with Crippen LogP contribution in [0.2, 0.25) is 0 Å². The summed E-state index contributed by atoms with van der Waals surface area (Å²) in [6, 6.07) is 19.5. The SMILES string of the molecule is O=C(Nc1nc2ccc(Br)cc2s1)c1cccc2ccccc12. The number of carbonyl (C=O) groups is 1. The molecule has 0 aliphatic heterocycles. The van der Waals surface area contributed by atoms with Gasteiger partial charge in [-0.3, -0.25) is 10.1 Å². The minimum absolute atomic E-state index is 0.139. The number of nitrogens with one attached hydrogen (secondary N) is 1. The van der Waals surface area contributed by atoms with Crippen molar-refractivity contribution in [2.75, 3.05) is 5.32 Å². The summed E-state index contributed by atoms with van der Waals surface area (Å²) in [7, 11) is 0. The van der Waals surface area contributed by atoms with Crippen LogP contribution in [0.15, 0.2) is 65.1 Å². The summed E-state index contributed by atoms with van der Waals surface area (Å²) in [6.45, 7) is 0. The maximum atomic E-state index is 12.6. The first-order valence-electron chi connectivity index (χ1n) is 7.06. The molecule has 23 heavy (non-hydrogen) atoms. The third-order valence-electron chi connectivity index (χ3n) is 3.61. The molecule has 112 valence electrons. The second kappa shape index (κ2) is 5.76. The molecule has 0 fully saturated rings. The predicted octanol–water partition coefficient (Wildman–Crippen LogP) is 5.46. The summed E-state index contributed by atoms with van der Waals surface area (Å²) in [4.78, 5) is 17.1. The van der Waals surface area contributed by atoms with E-state index in [1.165, 1.54) is 11.3 Å². The molecule has 5 heteroatoms. The van der Waals surface area contributed by atoms with Crippen molar-refractivity contribution in [2.45, 2.75) is 0 Å². The summed E-state index contributed by atoms with van der Waals surface area (Å²) >= 11 is 4.91. The lowest BCUT2D eigenvalue weighted by Crippen LogP contribution is -2.12. The first kappa shape index (κ1) is 14.4. The number of benzene rings is 3. The average Bonchev–Trinajstić information content (AvgIpc) is 2.95. The topological polar surface area (TPSA) is 42.0 Å². The van der Waals surface area contributed by atoms with Gasteiger partial charge in [-0.05, 0) is 35.0 Å². The van der Waals surface area contributed by atoms with Crippen molar-refractivity contribution in [1.82, 2.24) is 4.98 Å². The molecule has 0 aliphatic carbocycles. The first-order chi connectivity index (χ1) is 11.2. The van der Waals surface area contributed by atoms with Gasteiger partial charge in [-0.15, -0.1) is 0 Å². The van der Waals surface area contributed by atoms with Crippen molar-refractivity contribution in [3.63, 3.8) is 0 Å². The van der Waals surface area contributed by atoms with Crippen molar-refractivity contribution in [3.05, 3.63) is 70.7 Å². The van der Waals surface area contributed by atoms with Crippen LogP contribution in [-0.4, -0.2) is 10.9 Å². The highest BCUT2D eigenvalue weighted by Crippen LogP contribution is 2.29. The molecule has 0 aliphatic rings. The number of hydrogen-bond donors (Lipinski definition) is 1. The standard InChI is InChI=1S/C18H11BrN2OS/c19-12-8-9-15-16(10-12)23-18(20-15)21-17(22)14-7-3-5-11-4-1-2-6-13(11)14/h1-10H,(H,20,21,22). The number of aromatic nitrogens is 1. The molecule has 1 amide bonds. The Balaban J connectivity index is 1.70. The Hall–Kier alpha value is -2.24. The molecule has 0 spiro atoms. The summed E-state index contributed by atoms with van der Waals surface area (Å²) in [5.41, 5.74) is 1.54. The van der Waals surface area contributed by atoms with Crippen molar-refractivity contribution < 1.29 is 4.79 Å². The lowest BCUT2D eigenvalue weighted by Gasteiger charge is -2.05. The van der Waals surface area contributed by atoms with E-state index in [9.17, 15) is 4.79 Å². The minimum atomic E-state index is -0.139. The van der Waals surface area contributed by atoms with Gasteiger partial charge in [-0.2, -0.15) is 0 Å². The number of anilines is 1. The van der Waals surface area contributed by atoms with Gasteiger partial charge in [0.15, 0.2) is 5.13 Å². The Morgan fingerprint density at radius 1 is 1.04 bits per heavy atom. The molecule has 0 saturated heterocycles. The van der Waals surface area contributed by atoms with Crippen molar-refractivity contribution in [3.8, 4) is 0 Å². The third kappa shape index (κ3) is 2.73. The monoisotopic (exact) mass is 382 g/mol. The van der Waals surface area contributed by atoms with Gasteiger partial charge in [0.1, 0.15) is 0 Å².